The molecular formula is C7H8N4O2. The van der Waals surface area contributed by atoms with Crippen molar-refractivity contribution in [2.45, 2.75) is 20.4 Å². The van der Waals surface area contributed by atoms with Gasteiger partial charge in [-0.3, -0.25) is 4.52 Å². The first-order valence-electron chi connectivity index (χ1n) is 3.93. The first-order valence-corrected chi connectivity index (χ1v) is 3.93. The molecule has 0 unspecified atom stereocenters. The van der Waals surface area contributed by atoms with Gasteiger partial charge in [0.2, 0.25) is 0 Å². The van der Waals surface area contributed by atoms with Gasteiger partial charge in [-0.05, 0) is 13.8 Å². The first kappa shape index (κ1) is 7.90. The molecule has 0 saturated heterocycles. The topological polar surface area (TPSA) is 73.8 Å². The van der Waals surface area contributed by atoms with E-state index in [1.165, 1.54) is 0 Å². The van der Waals surface area contributed by atoms with E-state index < -0.39 is 5.76 Å². The van der Waals surface area contributed by atoms with Crippen molar-refractivity contribution in [1.82, 2.24) is 19.9 Å². The summed E-state index contributed by atoms with van der Waals surface area (Å²) in [6, 6.07) is 0. The van der Waals surface area contributed by atoms with Gasteiger partial charge in [-0.1, -0.05) is 5.16 Å². The first-order chi connectivity index (χ1) is 6.22. The molecule has 0 bridgehead atoms. The molecule has 6 heteroatoms. The summed E-state index contributed by atoms with van der Waals surface area (Å²) >= 11 is 0. The van der Waals surface area contributed by atoms with Gasteiger partial charge in [-0.15, -0.1) is 0 Å². The van der Waals surface area contributed by atoms with Crippen molar-refractivity contribution in [3.05, 3.63) is 16.2 Å². The maximum absolute atomic E-state index is 10.8. The Balaban J connectivity index is 2.89. The fraction of sp³-hybridized carbons (Fsp3) is 0.429. The maximum atomic E-state index is 10.8. The third-order valence-electron chi connectivity index (χ3n) is 1.78. The lowest BCUT2D eigenvalue weighted by molar-refractivity contribution is 0.363. The molecule has 0 fully saturated rings. The van der Waals surface area contributed by atoms with Crippen LogP contribution in [0.1, 0.15) is 12.6 Å². The molecule has 2 rings (SSSR count). The number of hydrogen-bond acceptors (Lipinski definition) is 5. The van der Waals surface area contributed by atoms with Crippen LogP contribution in [0.25, 0.3) is 11.2 Å². The monoisotopic (exact) mass is 180 g/mol. The highest BCUT2D eigenvalue weighted by Gasteiger charge is 2.10. The van der Waals surface area contributed by atoms with Gasteiger partial charge in [-0.2, -0.15) is 10.1 Å². The smallest absolute Gasteiger partial charge is 0.296 e. The average molecular weight is 180 g/mol. The minimum atomic E-state index is -0.692. The summed E-state index contributed by atoms with van der Waals surface area (Å²) in [5.74, 6) is -0.692. The van der Waals surface area contributed by atoms with E-state index in [4.69, 9.17) is 0 Å². The number of fused-ring (bicyclic) bond motifs is 1. The second-order valence-corrected chi connectivity index (χ2v) is 2.63. The lowest BCUT2D eigenvalue weighted by atomic mass is 10.4. The van der Waals surface area contributed by atoms with Gasteiger partial charge in [0.1, 0.15) is 0 Å². The van der Waals surface area contributed by atoms with Crippen molar-refractivity contribution in [1.29, 1.82) is 0 Å². The molecule has 13 heavy (non-hydrogen) atoms. The Kier molecular flexibility index (Phi) is 1.61. The molecule has 2 aromatic rings. The van der Waals surface area contributed by atoms with E-state index in [0.29, 0.717) is 23.4 Å². The molecule has 0 amide bonds. The van der Waals surface area contributed by atoms with E-state index in [1.54, 1.807) is 11.6 Å². The summed E-state index contributed by atoms with van der Waals surface area (Å²) in [6.45, 7) is 4.37. The number of aryl methyl sites for hydroxylation is 2. The molecule has 0 aromatic carbocycles. The fourth-order valence-electron chi connectivity index (χ4n) is 1.19. The van der Waals surface area contributed by atoms with Crippen LogP contribution in [0, 0.1) is 6.92 Å². The number of aromatic nitrogens is 4. The molecular weight excluding hydrogens is 172 g/mol. The highest BCUT2D eigenvalue weighted by atomic mass is 16.5. The number of nitrogens with zero attached hydrogens (tertiary/aromatic N) is 4. The summed E-state index contributed by atoms with van der Waals surface area (Å²) in [6.07, 6.45) is 0. The molecule has 0 aliphatic rings. The molecule has 6 nitrogen and oxygen atoms in total. The van der Waals surface area contributed by atoms with Crippen molar-refractivity contribution < 1.29 is 4.52 Å². The number of hydrogen-bond donors (Lipinski definition) is 0. The van der Waals surface area contributed by atoms with E-state index >= 15 is 0 Å². The Bertz CT molecular complexity index is 499. The Hall–Kier alpha value is -1.72. The van der Waals surface area contributed by atoms with Crippen LogP contribution in [-0.2, 0) is 6.54 Å². The van der Waals surface area contributed by atoms with Crippen LogP contribution in [0.5, 0.6) is 0 Å². The maximum Gasteiger partial charge on any atom is 0.461 e. The molecule has 68 valence electrons. The minimum Gasteiger partial charge on any atom is -0.296 e. The number of rotatable bonds is 1. The highest BCUT2D eigenvalue weighted by Crippen LogP contribution is 2.10. The van der Waals surface area contributed by atoms with Crippen LogP contribution >= 0.6 is 0 Å². The second-order valence-electron chi connectivity index (χ2n) is 2.63. The Morgan fingerprint density at radius 2 is 2.31 bits per heavy atom. The third-order valence-corrected chi connectivity index (χ3v) is 1.78. The Labute approximate surface area is 73.2 Å². The predicted molar refractivity (Wildman–Crippen MR) is 44.3 cm³/mol. The molecule has 2 aromatic heterocycles. The van der Waals surface area contributed by atoms with Crippen LogP contribution in [-0.4, -0.2) is 19.9 Å². The van der Waals surface area contributed by atoms with Crippen LogP contribution in [0.15, 0.2) is 9.32 Å². The second kappa shape index (κ2) is 2.65. The molecule has 0 spiro atoms. The van der Waals surface area contributed by atoms with Crippen LogP contribution in [0.3, 0.4) is 0 Å². The largest absolute Gasteiger partial charge is 0.461 e. The zero-order valence-electron chi connectivity index (χ0n) is 7.31. The average Bonchev–Trinajstić information content (AvgIpc) is 2.42. The minimum absolute atomic E-state index is 0.483. The summed E-state index contributed by atoms with van der Waals surface area (Å²) in [5.41, 5.74) is 1.74. The molecule has 0 N–H and O–H groups in total. The predicted octanol–water partition coefficient (Wildman–Crippen LogP) is 0.108. The van der Waals surface area contributed by atoms with E-state index in [0.717, 1.165) is 0 Å². The lowest BCUT2D eigenvalue weighted by Crippen LogP contribution is -2.07. The van der Waals surface area contributed by atoms with Crippen LogP contribution in [0.4, 0.5) is 0 Å². The zero-order chi connectivity index (χ0) is 9.42. The summed E-state index contributed by atoms with van der Waals surface area (Å²) in [5, 5.41) is 7.76. The van der Waals surface area contributed by atoms with E-state index in [-0.39, 0.29) is 0 Å². The third kappa shape index (κ3) is 1.10. The van der Waals surface area contributed by atoms with Gasteiger partial charge in [0.05, 0.1) is 5.69 Å². The van der Waals surface area contributed by atoms with Crippen molar-refractivity contribution in [2.24, 2.45) is 0 Å². The normalized spacial score (nSPS) is 10.9. The lowest BCUT2D eigenvalue weighted by Gasteiger charge is -1.92. The van der Waals surface area contributed by atoms with E-state index in [2.05, 4.69) is 19.8 Å². The molecule has 0 aliphatic heterocycles. The summed E-state index contributed by atoms with van der Waals surface area (Å²) < 4.78 is 6.03. The van der Waals surface area contributed by atoms with Gasteiger partial charge >= 0.3 is 5.76 Å². The molecule has 0 aliphatic carbocycles. The fourth-order valence-corrected chi connectivity index (χ4v) is 1.19. The van der Waals surface area contributed by atoms with E-state index in [1.807, 2.05) is 6.92 Å². The van der Waals surface area contributed by atoms with Crippen LogP contribution in [0.2, 0.25) is 0 Å². The standard InChI is InChI=1S/C7H8N4O2/c1-3-11-6-5(4(2)9-11)10-13-7(12)8-6/h3H2,1-2H3. The molecule has 0 saturated carbocycles. The highest BCUT2D eigenvalue weighted by molar-refractivity contribution is 5.71. The van der Waals surface area contributed by atoms with Crippen molar-refractivity contribution in [2.75, 3.05) is 0 Å². The SMILES string of the molecule is CCn1nc(C)c2noc(=O)nc21. The summed E-state index contributed by atoms with van der Waals surface area (Å²) in [4.78, 5) is 14.5. The van der Waals surface area contributed by atoms with Gasteiger partial charge in [0.15, 0.2) is 11.2 Å². The van der Waals surface area contributed by atoms with Gasteiger partial charge in [-0.25, -0.2) is 9.48 Å². The van der Waals surface area contributed by atoms with Crippen molar-refractivity contribution in [3.8, 4) is 0 Å². The summed E-state index contributed by atoms with van der Waals surface area (Å²) in [7, 11) is 0. The van der Waals surface area contributed by atoms with Gasteiger partial charge < -0.3 is 0 Å². The van der Waals surface area contributed by atoms with Gasteiger partial charge in [0.25, 0.3) is 0 Å². The van der Waals surface area contributed by atoms with Crippen molar-refractivity contribution >= 4 is 11.2 Å². The Morgan fingerprint density at radius 1 is 1.54 bits per heavy atom. The van der Waals surface area contributed by atoms with E-state index in [9.17, 15) is 4.79 Å². The molecule has 0 radical (unpaired) electrons. The van der Waals surface area contributed by atoms with Crippen molar-refractivity contribution in [3.63, 3.8) is 0 Å². The molecule has 2 heterocycles. The zero-order valence-corrected chi connectivity index (χ0v) is 7.31. The molecule has 0 atom stereocenters. The quantitative estimate of drug-likeness (QED) is 0.622. The van der Waals surface area contributed by atoms with Crippen LogP contribution < -0.4 is 5.76 Å². The Morgan fingerprint density at radius 3 is 3.00 bits per heavy atom. The van der Waals surface area contributed by atoms with Gasteiger partial charge in [0, 0.05) is 6.54 Å².